The molecule has 6 nitrogen and oxygen atoms in total. The van der Waals surface area contributed by atoms with E-state index < -0.39 is 10.0 Å². The van der Waals surface area contributed by atoms with Crippen molar-refractivity contribution >= 4 is 44.7 Å². The number of hydrogen-bond donors (Lipinski definition) is 1. The molecule has 0 saturated carbocycles. The monoisotopic (exact) mass is 363 g/mol. The van der Waals surface area contributed by atoms with Gasteiger partial charge in [0.1, 0.15) is 4.34 Å². The molecule has 2 saturated heterocycles. The molecule has 0 bridgehead atoms. The Kier molecular flexibility index (Phi) is 4.63. The Balaban J connectivity index is 1.65. The Hall–Kier alpha value is -0.830. The van der Waals surface area contributed by atoms with Crippen LogP contribution in [0.2, 0.25) is 4.34 Å². The van der Waals surface area contributed by atoms with E-state index >= 15 is 0 Å². The van der Waals surface area contributed by atoms with Gasteiger partial charge in [-0.2, -0.15) is 4.31 Å². The first-order valence-corrected chi connectivity index (χ1v) is 10.1. The molecule has 3 heterocycles. The normalized spacial score (nSPS) is 25.3. The van der Waals surface area contributed by atoms with E-state index in [0.29, 0.717) is 36.1 Å². The zero-order valence-electron chi connectivity index (χ0n) is 12.0. The summed E-state index contributed by atoms with van der Waals surface area (Å²) in [6, 6.07) is 1.43. The summed E-state index contributed by atoms with van der Waals surface area (Å²) < 4.78 is 26.2. The molecular formula is C13H18ClN3O3S2. The fourth-order valence-electron chi connectivity index (χ4n) is 3.02. The van der Waals surface area contributed by atoms with Crippen LogP contribution in [-0.4, -0.2) is 55.1 Å². The van der Waals surface area contributed by atoms with Gasteiger partial charge in [-0.15, -0.1) is 11.3 Å². The smallest absolute Gasteiger partial charge is 0.321 e. The molecule has 2 amide bonds. The number of hydrogen-bond acceptors (Lipinski definition) is 4. The quantitative estimate of drug-likeness (QED) is 0.877. The molecule has 0 aliphatic carbocycles. The number of nitrogens with zero attached hydrogens (tertiary/aromatic N) is 2. The number of sulfonamides is 1. The largest absolute Gasteiger partial charge is 0.323 e. The second-order valence-electron chi connectivity index (χ2n) is 5.56. The van der Waals surface area contributed by atoms with Crippen molar-refractivity contribution in [2.45, 2.75) is 25.3 Å². The van der Waals surface area contributed by atoms with Crippen LogP contribution in [0.15, 0.2) is 11.4 Å². The third kappa shape index (κ3) is 3.24. The van der Waals surface area contributed by atoms with Crippen molar-refractivity contribution in [2.75, 3.05) is 30.7 Å². The Morgan fingerprint density at radius 1 is 1.36 bits per heavy atom. The minimum Gasteiger partial charge on any atom is -0.323 e. The number of thiophene rings is 1. The molecule has 9 heteroatoms. The molecule has 0 spiro atoms. The number of amides is 2. The van der Waals surface area contributed by atoms with E-state index in [-0.39, 0.29) is 17.8 Å². The van der Waals surface area contributed by atoms with E-state index in [1.54, 1.807) is 15.3 Å². The molecular weight excluding hydrogens is 346 g/mol. The van der Waals surface area contributed by atoms with Gasteiger partial charge in [0.05, 0.1) is 11.4 Å². The lowest BCUT2D eigenvalue weighted by Gasteiger charge is -2.36. The molecule has 2 aliphatic rings. The molecule has 2 aliphatic heterocycles. The maximum Gasteiger partial charge on any atom is 0.321 e. The van der Waals surface area contributed by atoms with Crippen molar-refractivity contribution in [3.63, 3.8) is 0 Å². The third-order valence-electron chi connectivity index (χ3n) is 4.09. The van der Waals surface area contributed by atoms with E-state index in [9.17, 15) is 13.2 Å². The molecule has 1 N–H and O–H groups in total. The average molecular weight is 364 g/mol. The van der Waals surface area contributed by atoms with Gasteiger partial charge in [0.2, 0.25) is 10.0 Å². The van der Waals surface area contributed by atoms with Crippen LogP contribution in [-0.2, 0) is 10.0 Å². The number of halogens is 1. The summed E-state index contributed by atoms with van der Waals surface area (Å²) in [5, 5.41) is 4.60. The third-order valence-corrected chi connectivity index (χ3v) is 7.26. The molecule has 1 atom stereocenters. The van der Waals surface area contributed by atoms with Crippen molar-refractivity contribution in [1.82, 2.24) is 9.21 Å². The van der Waals surface area contributed by atoms with Gasteiger partial charge in [0, 0.05) is 25.7 Å². The Morgan fingerprint density at radius 3 is 2.82 bits per heavy atom. The maximum atomic E-state index is 12.3. The molecule has 3 rings (SSSR count). The van der Waals surface area contributed by atoms with Crippen molar-refractivity contribution in [3.8, 4) is 0 Å². The highest BCUT2D eigenvalue weighted by Crippen LogP contribution is 2.29. The van der Waals surface area contributed by atoms with Crippen LogP contribution < -0.4 is 5.32 Å². The number of carbonyl (C=O) groups excluding carboxylic acids is 1. The Labute approximate surface area is 139 Å². The van der Waals surface area contributed by atoms with Crippen molar-refractivity contribution in [1.29, 1.82) is 0 Å². The van der Waals surface area contributed by atoms with Crippen LogP contribution in [0.5, 0.6) is 0 Å². The number of piperidine rings is 1. The predicted molar refractivity (Wildman–Crippen MR) is 88.1 cm³/mol. The van der Waals surface area contributed by atoms with Crippen LogP contribution >= 0.6 is 22.9 Å². The molecule has 1 aromatic heterocycles. The number of likely N-dealkylation sites (tertiary alicyclic amines) is 1. The van der Waals surface area contributed by atoms with E-state index in [4.69, 9.17) is 11.6 Å². The van der Waals surface area contributed by atoms with Gasteiger partial charge < -0.3 is 10.2 Å². The first-order chi connectivity index (χ1) is 10.5. The predicted octanol–water partition coefficient (Wildman–Crippen LogP) is 2.43. The lowest BCUT2D eigenvalue weighted by molar-refractivity contribution is 0.163. The summed E-state index contributed by atoms with van der Waals surface area (Å²) in [4.78, 5) is 14.0. The van der Waals surface area contributed by atoms with Crippen LogP contribution in [0, 0.1) is 0 Å². The van der Waals surface area contributed by atoms with E-state index in [0.717, 1.165) is 12.8 Å². The summed E-state index contributed by atoms with van der Waals surface area (Å²) in [5.74, 6) is 0.222. The van der Waals surface area contributed by atoms with Crippen LogP contribution in [0.3, 0.4) is 0 Å². The van der Waals surface area contributed by atoms with E-state index in [1.807, 2.05) is 5.38 Å². The van der Waals surface area contributed by atoms with Gasteiger partial charge in [-0.05, 0) is 30.7 Å². The Bertz CT molecular complexity index is 661. The Morgan fingerprint density at radius 2 is 2.18 bits per heavy atom. The van der Waals surface area contributed by atoms with Crippen LogP contribution in [0.1, 0.15) is 19.3 Å². The average Bonchev–Trinajstić information content (AvgIpc) is 3.04. The highest BCUT2D eigenvalue weighted by atomic mass is 35.5. The fourth-order valence-corrected chi connectivity index (χ4v) is 5.62. The first kappa shape index (κ1) is 16.0. The summed E-state index contributed by atoms with van der Waals surface area (Å²) in [6.45, 7) is 1.64. The molecule has 2 fully saturated rings. The number of urea groups is 1. The molecule has 122 valence electrons. The minimum absolute atomic E-state index is 0.107. The number of anilines is 1. The topological polar surface area (TPSA) is 69.7 Å². The van der Waals surface area contributed by atoms with Crippen molar-refractivity contribution in [2.24, 2.45) is 0 Å². The standard InChI is InChI=1S/C13H18ClN3O3S2/c14-12-11(4-7-21-12)15-13(18)16-5-1-3-10(9-16)17-6-2-8-22(17,19)20/h4,7,10H,1-3,5-6,8-9H2,(H,15,18). The van der Waals surface area contributed by atoms with Gasteiger partial charge in [0.25, 0.3) is 0 Å². The zero-order chi connectivity index (χ0) is 15.7. The molecule has 1 unspecified atom stereocenters. The summed E-state index contributed by atoms with van der Waals surface area (Å²) >= 11 is 7.35. The second kappa shape index (κ2) is 6.35. The number of rotatable bonds is 2. The van der Waals surface area contributed by atoms with E-state index in [1.165, 1.54) is 11.3 Å². The van der Waals surface area contributed by atoms with Crippen molar-refractivity contribution < 1.29 is 13.2 Å². The zero-order valence-corrected chi connectivity index (χ0v) is 14.4. The summed E-state index contributed by atoms with van der Waals surface area (Å²) in [7, 11) is -3.14. The maximum absolute atomic E-state index is 12.3. The van der Waals surface area contributed by atoms with Crippen LogP contribution in [0.4, 0.5) is 10.5 Å². The number of carbonyl (C=O) groups is 1. The lowest BCUT2D eigenvalue weighted by Crippen LogP contribution is -2.51. The van der Waals surface area contributed by atoms with Crippen molar-refractivity contribution in [3.05, 3.63) is 15.8 Å². The van der Waals surface area contributed by atoms with Crippen LogP contribution in [0.25, 0.3) is 0 Å². The van der Waals surface area contributed by atoms with E-state index in [2.05, 4.69) is 5.32 Å². The summed E-state index contributed by atoms with van der Waals surface area (Å²) in [6.07, 6.45) is 2.29. The highest BCUT2D eigenvalue weighted by molar-refractivity contribution is 7.89. The van der Waals surface area contributed by atoms with Gasteiger partial charge in [-0.1, -0.05) is 11.6 Å². The SMILES string of the molecule is O=C(Nc1ccsc1Cl)N1CCCC(N2CCCS2(=O)=O)C1. The van der Waals surface area contributed by atoms with Gasteiger partial charge in [-0.25, -0.2) is 13.2 Å². The van der Waals surface area contributed by atoms with Gasteiger partial charge in [-0.3, -0.25) is 0 Å². The van der Waals surface area contributed by atoms with Gasteiger partial charge >= 0.3 is 6.03 Å². The lowest BCUT2D eigenvalue weighted by atomic mass is 10.1. The molecule has 0 radical (unpaired) electrons. The minimum atomic E-state index is -3.14. The van der Waals surface area contributed by atoms with Gasteiger partial charge in [0.15, 0.2) is 0 Å². The molecule has 1 aromatic rings. The number of nitrogens with one attached hydrogen (secondary N) is 1. The molecule has 22 heavy (non-hydrogen) atoms. The molecule has 0 aromatic carbocycles. The fraction of sp³-hybridized carbons (Fsp3) is 0.615. The highest BCUT2D eigenvalue weighted by Gasteiger charge is 2.37. The second-order valence-corrected chi connectivity index (χ2v) is 9.12. The summed E-state index contributed by atoms with van der Waals surface area (Å²) in [5.41, 5.74) is 0.604. The first-order valence-electron chi connectivity index (χ1n) is 7.26.